The van der Waals surface area contributed by atoms with E-state index in [9.17, 15) is 5.11 Å². The number of rotatable bonds is 4. The SMILES string of the molecule is COc1ccc(C(O)C2COC(C)C2)c(OC)c1Br. The first kappa shape index (κ1) is 14.6. The van der Waals surface area contributed by atoms with Crippen LogP contribution in [0.25, 0.3) is 0 Å². The molecule has 0 aromatic heterocycles. The summed E-state index contributed by atoms with van der Waals surface area (Å²) < 4.78 is 16.9. The first-order valence-electron chi connectivity index (χ1n) is 6.28. The zero-order valence-electron chi connectivity index (χ0n) is 11.4. The second-order valence-corrected chi connectivity index (χ2v) is 5.58. The van der Waals surface area contributed by atoms with E-state index in [1.807, 2.05) is 19.1 Å². The average molecular weight is 331 g/mol. The van der Waals surface area contributed by atoms with Crippen molar-refractivity contribution in [3.05, 3.63) is 22.2 Å². The molecule has 106 valence electrons. The number of methoxy groups -OCH3 is 2. The van der Waals surface area contributed by atoms with Crippen molar-refractivity contribution < 1.29 is 19.3 Å². The molecule has 0 amide bonds. The largest absolute Gasteiger partial charge is 0.495 e. The number of benzene rings is 1. The van der Waals surface area contributed by atoms with Crippen LogP contribution in [0, 0.1) is 5.92 Å². The molecule has 5 heteroatoms. The van der Waals surface area contributed by atoms with E-state index in [-0.39, 0.29) is 12.0 Å². The molecule has 0 saturated carbocycles. The van der Waals surface area contributed by atoms with E-state index in [1.165, 1.54) is 0 Å². The summed E-state index contributed by atoms with van der Waals surface area (Å²) in [5.74, 6) is 1.40. The molecule has 1 N–H and O–H groups in total. The van der Waals surface area contributed by atoms with Crippen molar-refractivity contribution >= 4 is 15.9 Å². The van der Waals surface area contributed by atoms with Crippen LogP contribution in [-0.4, -0.2) is 32.0 Å². The van der Waals surface area contributed by atoms with Crippen LogP contribution in [0.15, 0.2) is 16.6 Å². The molecule has 1 aromatic carbocycles. The maximum absolute atomic E-state index is 10.5. The normalized spacial score (nSPS) is 24.3. The second kappa shape index (κ2) is 6.11. The Labute approximate surface area is 121 Å². The number of hydrogen-bond donors (Lipinski definition) is 1. The Hall–Kier alpha value is -0.780. The molecule has 3 atom stereocenters. The minimum Gasteiger partial charge on any atom is -0.495 e. The maximum Gasteiger partial charge on any atom is 0.142 e. The molecule has 1 fully saturated rings. The van der Waals surface area contributed by atoms with Crippen molar-refractivity contribution in [3.8, 4) is 11.5 Å². The first-order valence-corrected chi connectivity index (χ1v) is 7.07. The zero-order valence-corrected chi connectivity index (χ0v) is 12.9. The summed E-state index contributed by atoms with van der Waals surface area (Å²) in [5.41, 5.74) is 0.762. The van der Waals surface area contributed by atoms with Gasteiger partial charge in [0.15, 0.2) is 0 Å². The quantitative estimate of drug-likeness (QED) is 0.922. The molecule has 1 aromatic rings. The van der Waals surface area contributed by atoms with Crippen molar-refractivity contribution in [2.75, 3.05) is 20.8 Å². The van der Waals surface area contributed by atoms with Gasteiger partial charge in [0.1, 0.15) is 16.0 Å². The van der Waals surface area contributed by atoms with E-state index < -0.39 is 6.10 Å². The Kier molecular flexibility index (Phi) is 4.71. The minimum absolute atomic E-state index is 0.101. The van der Waals surface area contributed by atoms with Crippen molar-refractivity contribution in [2.24, 2.45) is 5.92 Å². The van der Waals surface area contributed by atoms with E-state index in [0.717, 1.165) is 16.5 Å². The average Bonchev–Trinajstić information content (AvgIpc) is 2.84. The van der Waals surface area contributed by atoms with Crippen molar-refractivity contribution in [1.29, 1.82) is 0 Å². The Morgan fingerprint density at radius 3 is 2.63 bits per heavy atom. The Balaban J connectivity index is 2.31. The van der Waals surface area contributed by atoms with Gasteiger partial charge in [0, 0.05) is 11.5 Å². The van der Waals surface area contributed by atoms with E-state index in [0.29, 0.717) is 18.1 Å². The summed E-state index contributed by atoms with van der Waals surface area (Å²) >= 11 is 3.45. The van der Waals surface area contributed by atoms with E-state index in [2.05, 4.69) is 15.9 Å². The van der Waals surface area contributed by atoms with Gasteiger partial charge in [-0.1, -0.05) is 0 Å². The van der Waals surface area contributed by atoms with Gasteiger partial charge in [-0.25, -0.2) is 0 Å². The highest BCUT2D eigenvalue weighted by Gasteiger charge is 2.31. The van der Waals surface area contributed by atoms with Crippen LogP contribution in [0.3, 0.4) is 0 Å². The number of halogens is 1. The van der Waals surface area contributed by atoms with E-state index in [4.69, 9.17) is 14.2 Å². The highest BCUT2D eigenvalue weighted by molar-refractivity contribution is 9.10. The topological polar surface area (TPSA) is 47.9 Å². The van der Waals surface area contributed by atoms with Crippen LogP contribution in [-0.2, 0) is 4.74 Å². The van der Waals surface area contributed by atoms with Gasteiger partial charge in [0.25, 0.3) is 0 Å². The summed E-state index contributed by atoms with van der Waals surface area (Å²) in [6.45, 7) is 2.60. The van der Waals surface area contributed by atoms with Crippen LogP contribution in [0.4, 0.5) is 0 Å². The van der Waals surface area contributed by atoms with Crippen molar-refractivity contribution in [2.45, 2.75) is 25.6 Å². The van der Waals surface area contributed by atoms with Gasteiger partial charge >= 0.3 is 0 Å². The molecule has 0 spiro atoms. The Bertz CT molecular complexity index is 449. The fraction of sp³-hybridized carbons (Fsp3) is 0.571. The van der Waals surface area contributed by atoms with Crippen molar-refractivity contribution in [3.63, 3.8) is 0 Å². The molecule has 1 aliphatic heterocycles. The molecule has 1 heterocycles. The van der Waals surface area contributed by atoms with Crippen LogP contribution < -0.4 is 9.47 Å². The van der Waals surface area contributed by atoms with Gasteiger partial charge in [-0.15, -0.1) is 0 Å². The molecular weight excluding hydrogens is 312 g/mol. The fourth-order valence-corrected chi connectivity index (χ4v) is 3.16. The lowest BCUT2D eigenvalue weighted by Crippen LogP contribution is -2.14. The predicted octanol–water partition coefficient (Wildman–Crippen LogP) is 2.92. The molecule has 1 saturated heterocycles. The van der Waals surface area contributed by atoms with Crippen LogP contribution >= 0.6 is 15.9 Å². The Morgan fingerprint density at radius 2 is 2.11 bits per heavy atom. The third kappa shape index (κ3) is 2.88. The standard InChI is InChI=1S/C14H19BrO4/c1-8-6-9(7-19-8)13(16)10-4-5-11(17-2)12(15)14(10)18-3/h4-5,8-9,13,16H,6-7H2,1-3H3. The number of aliphatic hydroxyl groups excluding tert-OH is 1. The smallest absolute Gasteiger partial charge is 0.142 e. The summed E-state index contributed by atoms with van der Waals surface area (Å²) in [6.07, 6.45) is 0.461. The van der Waals surface area contributed by atoms with Gasteiger partial charge in [0.2, 0.25) is 0 Å². The van der Waals surface area contributed by atoms with Gasteiger partial charge < -0.3 is 19.3 Å². The summed E-state index contributed by atoms with van der Waals surface area (Å²) in [7, 11) is 3.19. The monoisotopic (exact) mass is 330 g/mol. The molecule has 0 aliphatic carbocycles. The number of aliphatic hydroxyl groups is 1. The van der Waals surface area contributed by atoms with Crippen molar-refractivity contribution in [1.82, 2.24) is 0 Å². The minimum atomic E-state index is -0.595. The van der Waals surface area contributed by atoms with E-state index in [1.54, 1.807) is 14.2 Å². The predicted molar refractivity (Wildman–Crippen MR) is 75.7 cm³/mol. The molecule has 3 unspecified atom stereocenters. The van der Waals surface area contributed by atoms with Gasteiger partial charge in [0.05, 0.1) is 33.0 Å². The zero-order chi connectivity index (χ0) is 14.0. The molecule has 19 heavy (non-hydrogen) atoms. The lowest BCUT2D eigenvalue weighted by molar-refractivity contribution is 0.0788. The highest BCUT2D eigenvalue weighted by atomic mass is 79.9. The van der Waals surface area contributed by atoms with Crippen LogP contribution in [0.1, 0.15) is 25.0 Å². The summed E-state index contributed by atoms with van der Waals surface area (Å²) in [4.78, 5) is 0. The van der Waals surface area contributed by atoms with E-state index >= 15 is 0 Å². The maximum atomic E-state index is 10.5. The molecular formula is C14H19BrO4. The third-order valence-electron chi connectivity index (χ3n) is 3.51. The number of hydrogen-bond acceptors (Lipinski definition) is 4. The van der Waals surface area contributed by atoms with Crippen LogP contribution in [0.2, 0.25) is 0 Å². The van der Waals surface area contributed by atoms with Gasteiger partial charge in [-0.05, 0) is 41.4 Å². The van der Waals surface area contributed by atoms with Crippen LogP contribution in [0.5, 0.6) is 11.5 Å². The van der Waals surface area contributed by atoms with Gasteiger partial charge in [-0.2, -0.15) is 0 Å². The third-order valence-corrected chi connectivity index (χ3v) is 4.26. The fourth-order valence-electron chi connectivity index (χ4n) is 2.48. The second-order valence-electron chi connectivity index (χ2n) is 4.79. The highest BCUT2D eigenvalue weighted by Crippen LogP contribution is 2.43. The molecule has 0 radical (unpaired) electrons. The molecule has 1 aliphatic rings. The molecule has 2 rings (SSSR count). The lowest BCUT2D eigenvalue weighted by Gasteiger charge is -2.21. The molecule has 0 bridgehead atoms. The van der Waals surface area contributed by atoms with Gasteiger partial charge in [-0.3, -0.25) is 0 Å². The lowest BCUT2D eigenvalue weighted by atomic mass is 9.93. The summed E-state index contributed by atoms with van der Waals surface area (Å²) in [5, 5.41) is 10.5. The number of ether oxygens (including phenoxy) is 3. The Morgan fingerprint density at radius 1 is 1.37 bits per heavy atom. The molecule has 4 nitrogen and oxygen atoms in total. The summed E-state index contributed by atoms with van der Waals surface area (Å²) in [6, 6.07) is 3.67. The first-order chi connectivity index (χ1) is 9.08.